The Balaban J connectivity index is 1.59. The number of phenols is 1. The standard InChI is InChI=1S/C30H24N2OS/c1-21(22-10-3-2-4-11-22)23-18-24(20-25(19-23)34-30-16-7-8-17-31-30)27-13-9-14-28(32-27)26-12-5-6-15-29(26)33/h2-21,33H,1H3. The summed E-state index contributed by atoms with van der Waals surface area (Å²) in [5.41, 5.74) is 5.86. The average Bonchev–Trinajstić information content (AvgIpc) is 2.89. The molecule has 0 spiro atoms. The normalized spacial score (nSPS) is 11.8. The molecular weight excluding hydrogens is 436 g/mol. The minimum atomic E-state index is 0.227. The zero-order chi connectivity index (χ0) is 23.3. The van der Waals surface area contributed by atoms with Crippen LogP contribution in [0.2, 0.25) is 0 Å². The first-order valence-electron chi connectivity index (χ1n) is 11.2. The first-order chi connectivity index (χ1) is 16.7. The molecular formula is C30H24N2OS. The van der Waals surface area contributed by atoms with Gasteiger partial charge in [0.15, 0.2) is 0 Å². The lowest BCUT2D eigenvalue weighted by Crippen LogP contribution is -1.98. The topological polar surface area (TPSA) is 46.0 Å². The fourth-order valence-corrected chi connectivity index (χ4v) is 4.86. The number of phenolic OH excluding ortho intramolecular Hbond substituents is 1. The Morgan fingerprint density at radius 2 is 1.47 bits per heavy atom. The molecule has 4 heteroatoms. The second-order valence-corrected chi connectivity index (χ2v) is 9.21. The zero-order valence-corrected chi connectivity index (χ0v) is 19.6. The molecule has 5 rings (SSSR count). The summed E-state index contributed by atoms with van der Waals surface area (Å²) in [6.45, 7) is 2.23. The van der Waals surface area contributed by atoms with Crippen LogP contribution in [0.15, 0.2) is 125 Å². The van der Waals surface area contributed by atoms with E-state index in [-0.39, 0.29) is 11.7 Å². The molecule has 0 fully saturated rings. The van der Waals surface area contributed by atoms with Crippen LogP contribution < -0.4 is 0 Å². The Hall–Kier alpha value is -3.89. The molecule has 0 bridgehead atoms. The van der Waals surface area contributed by atoms with Crippen molar-refractivity contribution in [3.8, 4) is 28.3 Å². The van der Waals surface area contributed by atoms with E-state index >= 15 is 0 Å². The van der Waals surface area contributed by atoms with Gasteiger partial charge in [-0.05, 0) is 65.7 Å². The van der Waals surface area contributed by atoms with Crippen molar-refractivity contribution in [3.63, 3.8) is 0 Å². The Bertz CT molecular complexity index is 1400. The summed E-state index contributed by atoms with van der Waals surface area (Å²) in [6.07, 6.45) is 1.82. The van der Waals surface area contributed by atoms with Gasteiger partial charge in [0.25, 0.3) is 0 Å². The van der Waals surface area contributed by atoms with Gasteiger partial charge in [0.05, 0.1) is 11.4 Å². The van der Waals surface area contributed by atoms with Crippen LogP contribution in [0.25, 0.3) is 22.5 Å². The number of para-hydroxylation sites is 1. The summed E-state index contributed by atoms with van der Waals surface area (Å²) in [6, 6.07) is 36.4. The maximum atomic E-state index is 10.3. The minimum Gasteiger partial charge on any atom is -0.507 e. The van der Waals surface area contributed by atoms with Crippen LogP contribution >= 0.6 is 11.8 Å². The van der Waals surface area contributed by atoms with E-state index in [9.17, 15) is 5.11 Å². The lowest BCUT2D eigenvalue weighted by molar-refractivity contribution is 0.477. The SMILES string of the molecule is CC(c1ccccc1)c1cc(Sc2ccccn2)cc(-c2cccc(-c3ccccc3O)n2)c1. The zero-order valence-electron chi connectivity index (χ0n) is 18.8. The monoisotopic (exact) mass is 460 g/mol. The molecule has 0 aliphatic carbocycles. The smallest absolute Gasteiger partial charge is 0.124 e. The maximum absolute atomic E-state index is 10.3. The van der Waals surface area contributed by atoms with Crippen molar-refractivity contribution in [2.24, 2.45) is 0 Å². The van der Waals surface area contributed by atoms with Gasteiger partial charge in [0, 0.05) is 28.1 Å². The molecule has 1 N–H and O–H groups in total. The Kier molecular flexibility index (Phi) is 6.41. The molecule has 0 aliphatic rings. The highest BCUT2D eigenvalue weighted by molar-refractivity contribution is 7.99. The lowest BCUT2D eigenvalue weighted by atomic mass is 9.91. The molecule has 2 heterocycles. The molecule has 0 radical (unpaired) electrons. The summed E-state index contributed by atoms with van der Waals surface area (Å²) >= 11 is 1.65. The van der Waals surface area contributed by atoms with Crippen LogP contribution in [0.1, 0.15) is 24.0 Å². The quantitative estimate of drug-likeness (QED) is 0.281. The molecule has 3 nitrogen and oxygen atoms in total. The van der Waals surface area contributed by atoms with Gasteiger partial charge in [-0.1, -0.05) is 73.3 Å². The highest BCUT2D eigenvalue weighted by Gasteiger charge is 2.14. The second kappa shape index (κ2) is 9.94. The van der Waals surface area contributed by atoms with Gasteiger partial charge in [-0.25, -0.2) is 9.97 Å². The van der Waals surface area contributed by atoms with Crippen LogP contribution in [0, 0.1) is 0 Å². The van der Waals surface area contributed by atoms with Gasteiger partial charge in [-0.15, -0.1) is 0 Å². The summed E-state index contributed by atoms with van der Waals surface area (Å²) < 4.78 is 0. The summed E-state index contributed by atoms with van der Waals surface area (Å²) in [4.78, 5) is 10.5. The summed E-state index contributed by atoms with van der Waals surface area (Å²) in [5, 5.41) is 11.3. The number of hydrogen-bond acceptors (Lipinski definition) is 4. The van der Waals surface area contributed by atoms with Crippen LogP contribution in [0.3, 0.4) is 0 Å². The van der Waals surface area contributed by atoms with Crippen molar-refractivity contribution in [2.75, 3.05) is 0 Å². The molecule has 1 unspecified atom stereocenters. The molecule has 3 aromatic carbocycles. The van der Waals surface area contributed by atoms with E-state index in [0.717, 1.165) is 32.4 Å². The van der Waals surface area contributed by atoms with Crippen molar-refractivity contribution >= 4 is 11.8 Å². The van der Waals surface area contributed by atoms with Gasteiger partial charge >= 0.3 is 0 Å². The number of aromatic nitrogens is 2. The number of benzene rings is 3. The molecule has 0 saturated carbocycles. The van der Waals surface area contributed by atoms with Crippen LogP contribution in [0.4, 0.5) is 0 Å². The molecule has 5 aromatic rings. The number of pyridine rings is 2. The van der Waals surface area contributed by atoms with Crippen molar-refractivity contribution < 1.29 is 5.11 Å². The number of rotatable bonds is 6. The molecule has 0 saturated heterocycles. The van der Waals surface area contributed by atoms with Gasteiger partial charge < -0.3 is 5.11 Å². The third-order valence-electron chi connectivity index (χ3n) is 5.81. The molecule has 0 amide bonds. The molecule has 1 atom stereocenters. The van der Waals surface area contributed by atoms with E-state index in [1.165, 1.54) is 11.1 Å². The molecule has 0 aliphatic heterocycles. The van der Waals surface area contributed by atoms with Crippen molar-refractivity contribution in [1.29, 1.82) is 0 Å². The van der Waals surface area contributed by atoms with E-state index in [0.29, 0.717) is 0 Å². The van der Waals surface area contributed by atoms with E-state index in [4.69, 9.17) is 4.98 Å². The number of hydrogen-bond donors (Lipinski definition) is 1. The predicted octanol–water partition coefficient (Wildman–Crippen LogP) is 7.82. The maximum Gasteiger partial charge on any atom is 0.124 e. The van der Waals surface area contributed by atoms with Gasteiger partial charge in [0.1, 0.15) is 10.8 Å². The van der Waals surface area contributed by atoms with Crippen LogP contribution in [-0.4, -0.2) is 15.1 Å². The highest BCUT2D eigenvalue weighted by atomic mass is 32.2. The largest absolute Gasteiger partial charge is 0.507 e. The van der Waals surface area contributed by atoms with Crippen molar-refractivity contribution in [2.45, 2.75) is 22.8 Å². The Morgan fingerprint density at radius 1 is 0.706 bits per heavy atom. The van der Waals surface area contributed by atoms with Gasteiger partial charge in [-0.2, -0.15) is 0 Å². The van der Waals surface area contributed by atoms with Crippen molar-refractivity contribution in [3.05, 3.63) is 127 Å². The lowest BCUT2D eigenvalue weighted by Gasteiger charge is -2.16. The Labute approximate surface area is 204 Å². The number of nitrogens with zero attached hydrogens (tertiary/aromatic N) is 2. The third kappa shape index (κ3) is 4.87. The summed E-state index contributed by atoms with van der Waals surface area (Å²) in [7, 11) is 0. The second-order valence-electron chi connectivity index (χ2n) is 8.12. The third-order valence-corrected chi connectivity index (χ3v) is 6.74. The van der Waals surface area contributed by atoms with Gasteiger partial charge in [-0.3, -0.25) is 0 Å². The van der Waals surface area contributed by atoms with E-state index in [1.807, 2.05) is 66.9 Å². The van der Waals surface area contributed by atoms with Crippen LogP contribution in [-0.2, 0) is 0 Å². The summed E-state index contributed by atoms with van der Waals surface area (Å²) in [5.74, 6) is 0.454. The first-order valence-corrected chi connectivity index (χ1v) is 12.0. The van der Waals surface area contributed by atoms with Crippen LogP contribution in [0.5, 0.6) is 5.75 Å². The predicted molar refractivity (Wildman–Crippen MR) is 139 cm³/mol. The van der Waals surface area contributed by atoms with E-state index in [2.05, 4.69) is 54.4 Å². The Morgan fingerprint density at radius 3 is 2.26 bits per heavy atom. The van der Waals surface area contributed by atoms with E-state index in [1.54, 1.807) is 17.8 Å². The fourth-order valence-electron chi connectivity index (χ4n) is 3.98. The highest BCUT2D eigenvalue weighted by Crippen LogP contribution is 2.36. The van der Waals surface area contributed by atoms with E-state index < -0.39 is 0 Å². The first kappa shape index (κ1) is 21.9. The molecule has 2 aromatic heterocycles. The van der Waals surface area contributed by atoms with Crippen molar-refractivity contribution in [1.82, 2.24) is 9.97 Å². The van der Waals surface area contributed by atoms with Gasteiger partial charge in [0.2, 0.25) is 0 Å². The average molecular weight is 461 g/mol. The molecule has 166 valence electrons. The molecule has 34 heavy (non-hydrogen) atoms. The minimum absolute atomic E-state index is 0.227. The number of aromatic hydroxyl groups is 1. The fraction of sp³-hybridized carbons (Fsp3) is 0.0667.